The van der Waals surface area contributed by atoms with E-state index >= 15 is 0 Å². The molecule has 3 aromatic carbocycles. The van der Waals surface area contributed by atoms with E-state index in [1.54, 1.807) is 0 Å². The largest absolute Gasteiger partial charge is 0.436 e. The Morgan fingerprint density at radius 2 is 1.42 bits per heavy atom. The van der Waals surface area contributed by atoms with Crippen molar-refractivity contribution in [3.8, 4) is 0 Å². The third-order valence-corrected chi connectivity index (χ3v) is 9.19. The molecular formula is C30H32BrN2O2S+. The first-order chi connectivity index (χ1) is 17.1. The standard InChI is InChI=1S/C30H31N2O2S.BrH/c33-30(24-10-4-1-5-11-24,25-12-6-2-7-13-25)29-31-20-26(34-29)21-32-18-16-23(17-19-32)28(22-32)35-27-14-8-3-9-15-27;/h1-15,20,23,28,33H,16-19,21-22H2;1H/q+1;/t23?,28-,32?;/m0./s1. The summed E-state index contributed by atoms with van der Waals surface area (Å²) in [4.78, 5) is 6.00. The number of halogens is 1. The van der Waals surface area contributed by atoms with E-state index < -0.39 is 5.60 Å². The van der Waals surface area contributed by atoms with Crippen molar-refractivity contribution in [3.63, 3.8) is 0 Å². The van der Waals surface area contributed by atoms with Gasteiger partial charge in [-0.15, -0.1) is 28.7 Å². The minimum Gasteiger partial charge on any atom is -0.436 e. The molecular weight excluding hydrogens is 532 g/mol. The Morgan fingerprint density at radius 3 is 2.00 bits per heavy atom. The van der Waals surface area contributed by atoms with Gasteiger partial charge in [-0.1, -0.05) is 78.9 Å². The molecule has 7 rings (SSSR count). The van der Waals surface area contributed by atoms with Gasteiger partial charge >= 0.3 is 0 Å². The van der Waals surface area contributed by atoms with E-state index in [9.17, 15) is 5.11 Å². The van der Waals surface area contributed by atoms with E-state index in [1.165, 1.54) is 30.8 Å². The third kappa shape index (κ3) is 4.80. The van der Waals surface area contributed by atoms with Crippen molar-refractivity contribution in [3.05, 3.63) is 120 Å². The summed E-state index contributed by atoms with van der Waals surface area (Å²) in [7, 11) is 0. The van der Waals surface area contributed by atoms with Crippen LogP contribution >= 0.6 is 28.7 Å². The molecule has 0 amide bonds. The van der Waals surface area contributed by atoms with Crippen LogP contribution in [0.25, 0.3) is 0 Å². The second-order valence-electron chi connectivity index (χ2n) is 10.0. The first-order valence-corrected chi connectivity index (χ1v) is 13.4. The summed E-state index contributed by atoms with van der Waals surface area (Å²) in [5, 5.41) is 12.6. The smallest absolute Gasteiger partial charge is 0.236 e. The fourth-order valence-corrected chi connectivity index (χ4v) is 7.42. The van der Waals surface area contributed by atoms with Gasteiger partial charge in [0.05, 0.1) is 31.1 Å². The highest BCUT2D eigenvalue weighted by atomic mass is 79.9. The zero-order valence-electron chi connectivity index (χ0n) is 20.2. The summed E-state index contributed by atoms with van der Waals surface area (Å²) in [6.07, 6.45) is 4.37. The van der Waals surface area contributed by atoms with Gasteiger partial charge in [-0.3, -0.25) is 0 Å². The maximum Gasteiger partial charge on any atom is 0.236 e. The molecule has 4 heterocycles. The highest BCUT2D eigenvalue weighted by Crippen LogP contribution is 2.43. The topological polar surface area (TPSA) is 46.3 Å². The number of hydrogen-bond acceptors (Lipinski definition) is 4. The number of oxazole rings is 1. The van der Waals surface area contributed by atoms with Gasteiger partial charge in [-0.05, 0) is 29.2 Å². The highest BCUT2D eigenvalue weighted by Gasteiger charge is 2.47. The number of benzene rings is 3. The minimum absolute atomic E-state index is 0. The summed E-state index contributed by atoms with van der Waals surface area (Å²) in [6.45, 7) is 4.36. The van der Waals surface area contributed by atoms with Crippen LogP contribution in [0.5, 0.6) is 0 Å². The SMILES string of the molecule is Br.OC(c1ccccc1)(c1ccccc1)c1ncc(C[N+]23CCC(CC2)[C@@H](Sc2ccccc2)C3)o1. The molecule has 3 aliphatic rings. The van der Waals surface area contributed by atoms with Gasteiger partial charge in [-0.25, -0.2) is 4.98 Å². The van der Waals surface area contributed by atoms with E-state index in [0.29, 0.717) is 11.1 Å². The van der Waals surface area contributed by atoms with Crippen molar-refractivity contribution in [2.45, 2.75) is 35.1 Å². The molecule has 0 aliphatic carbocycles. The summed E-state index contributed by atoms with van der Waals surface area (Å²) < 4.78 is 7.42. The number of quaternary nitrogens is 1. The lowest BCUT2D eigenvalue weighted by atomic mass is 9.85. The van der Waals surface area contributed by atoms with Crippen molar-refractivity contribution in [2.24, 2.45) is 5.92 Å². The van der Waals surface area contributed by atoms with Crippen molar-refractivity contribution in [1.29, 1.82) is 0 Å². The van der Waals surface area contributed by atoms with E-state index in [4.69, 9.17) is 4.42 Å². The van der Waals surface area contributed by atoms with E-state index in [-0.39, 0.29) is 17.0 Å². The van der Waals surface area contributed by atoms with Crippen LogP contribution in [0.2, 0.25) is 0 Å². The zero-order valence-corrected chi connectivity index (χ0v) is 22.7. The van der Waals surface area contributed by atoms with Crippen LogP contribution in [0.3, 0.4) is 0 Å². The number of rotatable bonds is 7. The molecule has 3 saturated heterocycles. The van der Waals surface area contributed by atoms with Crippen LogP contribution in [0.15, 0.2) is 107 Å². The average molecular weight is 565 g/mol. The molecule has 186 valence electrons. The van der Waals surface area contributed by atoms with Crippen molar-refractivity contribution in [2.75, 3.05) is 19.6 Å². The molecule has 0 radical (unpaired) electrons. The van der Waals surface area contributed by atoms with Crippen LogP contribution in [0.1, 0.15) is 35.6 Å². The van der Waals surface area contributed by atoms with Crippen LogP contribution in [-0.2, 0) is 12.1 Å². The molecule has 36 heavy (non-hydrogen) atoms. The van der Waals surface area contributed by atoms with E-state index in [0.717, 1.165) is 40.4 Å². The lowest BCUT2D eigenvalue weighted by Gasteiger charge is -2.52. The molecule has 0 spiro atoms. The van der Waals surface area contributed by atoms with Gasteiger partial charge in [-0.2, -0.15) is 0 Å². The van der Waals surface area contributed by atoms with Crippen LogP contribution in [0.4, 0.5) is 0 Å². The molecule has 2 bridgehead atoms. The fraction of sp³-hybridized carbons (Fsp3) is 0.300. The van der Waals surface area contributed by atoms with Crippen molar-refractivity contribution in [1.82, 2.24) is 4.98 Å². The quantitative estimate of drug-likeness (QED) is 0.263. The summed E-state index contributed by atoms with van der Waals surface area (Å²) in [5.74, 6) is 1.99. The van der Waals surface area contributed by atoms with Crippen LogP contribution in [0, 0.1) is 5.92 Å². The van der Waals surface area contributed by atoms with Gasteiger partial charge in [0.2, 0.25) is 5.89 Å². The molecule has 1 aromatic heterocycles. The number of thioether (sulfide) groups is 1. The number of fused-ring (bicyclic) bond motifs is 3. The second kappa shape index (κ2) is 10.5. The number of nitrogens with zero attached hydrogens (tertiary/aromatic N) is 2. The average Bonchev–Trinajstić information content (AvgIpc) is 3.39. The summed E-state index contributed by atoms with van der Waals surface area (Å²) >= 11 is 2.04. The van der Waals surface area contributed by atoms with E-state index in [2.05, 4.69) is 35.3 Å². The first-order valence-electron chi connectivity index (χ1n) is 12.5. The molecule has 4 nitrogen and oxygen atoms in total. The Labute approximate surface area is 227 Å². The van der Waals surface area contributed by atoms with Gasteiger partial charge in [0.1, 0.15) is 6.54 Å². The normalized spacial score (nSPS) is 23.2. The predicted molar refractivity (Wildman–Crippen MR) is 149 cm³/mol. The Hall–Kier alpha value is -2.38. The number of aliphatic hydroxyl groups is 1. The Morgan fingerprint density at radius 1 is 0.861 bits per heavy atom. The first kappa shape index (κ1) is 25.3. The van der Waals surface area contributed by atoms with Crippen LogP contribution in [-0.4, -0.2) is 39.5 Å². The molecule has 0 unspecified atom stereocenters. The number of hydrogen-bond donors (Lipinski definition) is 1. The minimum atomic E-state index is -1.43. The maximum atomic E-state index is 12.0. The fourth-order valence-electron chi connectivity index (χ4n) is 5.90. The molecule has 0 saturated carbocycles. The molecule has 6 heteroatoms. The van der Waals surface area contributed by atoms with Gasteiger partial charge in [0, 0.05) is 17.7 Å². The third-order valence-electron chi connectivity index (χ3n) is 7.81. The molecule has 3 fully saturated rings. The molecule has 3 aliphatic heterocycles. The lowest BCUT2D eigenvalue weighted by molar-refractivity contribution is -0.954. The Balaban J connectivity index is 0.00000267. The van der Waals surface area contributed by atoms with E-state index in [1.807, 2.05) is 78.6 Å². The summed E-state index contributed by atoms with van der Waals surface area (Å²) in [6, 6.07) is 30.2. The second-order valence-corrected chi connectivity index (χ2v) is 11.3. The number of piperidine rings is 3. The van der Waals surface area contributed by atoms with Gasteiger partial charge in [0.25, 0.3) is 0 Å². The Bertz CT molecular complexity index is 1220. The lowest BCUT2D eigenvalue weighted by Crippen LogP contribution is -2.62. The Kier molecular flexibility index (Phi) is 7.40. The zero-order chi connectivity index (χ0) is 23.7. The van der Waals surface area contributed by atoms with Gasteiger partial charge in [0.15, 0.2) is 11.4 Å². The van der Waals surface area contributed by atoms with Crippen molar-refractivity contribution >= 4 is 28.7 Å². The predicted octanol–water partition coefficient (Wildman–Crippen LogP) is 6.44. The van der Waals surface area contributed by atoms with Gasteiger partial charge < -0.3 is 14.0 Å². The molecule has 1 N–H and O–H groups in total. The maximum absolute atomic E-state index is 12.0. The number of aromatic nitrogens is 1. The molecule has 1 atom stereocenters. The van der Waals surface area contributed by atoms with Crippen molar-refractivity contribution < 1.29 is 14.0 Å². The molecule has 4 aromatic rings. The summed E-state index contributed by atoms with van der Waals surface area (Å²) in [5.41, 5.74) is 0.0796. The van der Waals surface area contributed by atoms with Crippen LogP contribution < -0.4 is 0 Å². The highest BCUT2D eigenvalue weighted by molar-refractivity contribution is 8.93. The monoisotopic (exact) mass is 563 g/mol.